The Morgan fingerprint density at radius 1 is 1.18 bits per heavy atom. The number of hydrogen-bond donors (Lipinski definition) is 0. The molecule has 1 aliphatic rings. The number of amides is 1. The number of benzene rings is 1. The van der Waals surface area contributed by atoms with Crippen LogP contribution < -0.4 is 0 Å². The van der Waals surface area contributed by atoms with Crippen LogP contribution in [0.5, 0.6) is 0 Å². The predicted octanol–water partition coefficient (Wildman–Crippen LogP) is 3.38. The first-order valence-electron chi connectivity index (χ1n) is 9.67. The topological polar surface area (TPSA) is 64.4 Å². The van der Waals surface area contributed by atoms with E-state index in [0.717, 1.165) is 10.8 Å². The minimum absolute atomic E-state index is 0.0832. The van der Waals surface area contributed by atoms with E-state index in [-0.39, 0.29) is 17.8 Å². The molecule has 1 aliphatic heterocycles. The van der Waals surface area contributed by atoms with Crippen molar-refractivity contribution >= 4 is 23.6 Å². The zero-order valence-corrected chi connectivity index (χ0v) is 17.5. The van der Waals surface area contributed by atoms with Crippen LogP contribution in [0.2, 0.25) is 0 Å². The van der Waals surface area contributed by atoms with Crippen molar-refractivity contribution in [1.29, 1.82) is 0 Å². The molecule has 28 heavy (non-hydrogen) atoms. The highest BCUT2D eigenvalue weighted by Crippen LogP contribution is 2.24. The summed E-state index contributed by atoms with van der Waals surface area (Å²) in [7, 11) is 0. The van der Waals surface area contributed by atoms with Gasteiger partial charge in [-0.25, -0.2) is 4.98 Å². The largest absolute Gasteiger partial charge is 0.466 e. The van der Waals surface area contributed by atoms with Crippen molar-refractivity contribution < 1.29 is 14.3 Å². The molecule has 0 atom stereocenters. The Hall–Kier alpha value is -2.28. The number of ether oxygens (including phenoxy) is 1. The third-order valence-corrected chi connectivity index (χ3v) is 5.84. The van der Waals surface area contributed by atoms with Crippen LogP contribution in [0.25, 0.3) is 5.69 Å². The number of nitrogens with zero attached hydrogens (tertiary/aromatic N) is 3. The van der Waals surface area contributed by atoms with Crippen LogP contribution in [0.3, 0.4) is 0 Å². The van der Waals surface area contributed by atoms with E-state index in [2.05, 4.69) is 37.0 Å². The standard InChI is InChI=1S/C21H27N3O3S/c1-4-27-20(26)17-5-8-23(9-6-17)19(25)14-28-21-22-7-10-24(21)18-12-15(2)11-16(3)13-18/h7,10-13,17H,4-6,8-9,14H2,1-3H3. The number of hydrogen-bond acceptors (Lipinski definition) is 5. The number of aryl methyl sites for hydroxylation is 2. The number of carbonyl (C=O) groups is 2. The summed E-state index contributed by atoms with van der Waals surface area (Å²) >= 11 is 1.45. The van der Waals surface area contributed by atoms with E-state index < -0.39 is 0 Å². The average Bonchev–Trinajstić information content (AvgIpc) is 3.14. The second-order valence-electron chi connectivity index (χ2n) is 7.12. The quantitative estimate of drug-likeness (QED) is 0.548. The number of carbonyl (C=O) groups excluding carboxylic acids is 2. The normalized spacial score (nSPS) is 14.9. The summed E-state index contributed by atoms with van der Waals surface area (Å²) in [5.74, 6) is 0.202. The molecule has 0 saturated carbocycles. The molecule has 1 saturated heterocycles. The Morgan fingerprint density at radius 3 is 2.50 bits per heavy atom. The number of aromatic nitrogens is 2. The molecule has 0 N–H and O–H groups in total. The summed E-state index contributed by atoms with van der Waals surface area (Å²) in [4.78, 5) is 30.7. The highest BCUT2D eigenvalue weighted by molar-refractivity contribution is 7.99. The first kappa shape index (κ1) is 20.5. The van der Waals surface area contributed by atoms with Gasteiger partial charge in [0.1, 0.15) is 0 Å². The molecule has 0 aliphatic carbocycles. The monoisotopic (exact) mass is 401 g/mol. The second-order valence-corrected chi connectivity index (χ2v) is 8.06. The van der Waals surface area contributed by atoms with Crippen molar-refractivity contribution in [2.24, 2.45) is 5.92 Å². The number of piperidine rings is 1. The highest BCUT2D eigenvalue weighted by Gasteiger charge is 2.28. The van der Waals surface area contributed by atoms with Crippen molar-refractivity contribution in [3.05, 3.63) is 41.7 Å². The molecule has 3 rings (SSSR count). The second kappa shape index (κ2) is 9.28. The maximum atomic E-state index is 12.6. The van der Waals surface area contributed by atoms with Gasteiger partial charge in [-0.05, 0) is 56.9 Å². The van der Waals surface area contributed by atoms with Crippen molar-refractivity contribution in [2.45, 2.75) is 38.8 Å². The minimum atomic E-state index is -0.139. The SMILES string of the molecule is CCOC(=O)C1CCN(C(=O)CSc2nccn2-c2cc(C)cc(C)c2)CC1. The van der Waals surface area contributed by atoms with E-state index in [1.54, 1.807) is 6.20 Å². The van der Waals surface area contributed by atoms with Gasteiger partial charge in [-0.15, -0.1) is 0 Å². The maximum Gasteiger partial charge on any atom is 0.309 e. The van der Waals surface area contributed by atoms with E-state index in [4.69, 9.17) is 4.74 Å². The van der Waals surface area contributed by atoms with Crippen LogP contribution >= 0.6 is 11.8 Å². The van der Waals surface area contributed by atoms with E-state index >= 15 is 0 Å². The summed E-state index contributed by atoms with van der Waals surface area (Å²) in [5.41, 5.74) is 3.44. The molecule has 6 nitrogen and oxygen atoms in total. The summed E-state index contributed by atoms with van der Waals surface area (Å²) in [6.07, 6.45) is 5.03. The molecule has 1 amide bonds. The third kappa shape index (κ3) is 4.95. The molecule has 150 valence electrons. The van der Waals surface area contributed by atoms with Crippen LogP contribution in [0.4, 0.5) is 0 Å². The first-order chi connectivity index (χ1) is 13.5. The van der Waals surface area contributed by atoms with Gasteiger partial charge in [-0.3, -0.25) is 14.2 Å². The fourth-order valence-corrected chi connectivity index (χ4v) is 4.40. The van der Waals surface area contributed by atoms with Gasteiger partial charge in [0.15, 0.2) is 5.16 Å². The molecule has 0 spiro atoms. The molecule has 0 unspecified atom stereocenters. The molecule has 2 aromatic rings. The lowest BCUT2D eigenvalue weighted by atomic mass is 9.97. The molecule has 2 heterocycles. The van der Waals surface area contributed by atoms with Gasteiger partial charge < -0.3 is 9.64 Å². The molecule has 1 fully saturated rings. The molecule has 7 heteroatoms. The lowest BCUT2D eigenvalue weighted by molar-refractivity contribution is -0.151. The van der Waals surface area contributed by atoms with Gasteiger partial charge in [0.2, 0.25) is 5.91 Å². The first-order valence-corrected chi connectivity index (χ1v) is 10.7. The van der Waals surface area contributed by atoms with Crippen molar-refractivity contribution in [1.82, 2.24) is 14.5 Å². The molecule has 0 radical (unpaired) electrons. The third-order valence-electron chi connectivity index (χ3n) is 4.88. The van der Waals surface area contributed by atoms with Crippen LogP contribution in [0, 0.1) is 19.8 Å². The van der Waals surface area contributed by atoms with Crippen LogP contribution in [0.15, 0.2) is 35.7 Å². The Kier molecular flexibility index (Phi) is 6.78. The van der Waals surface area contributed by atoms with Crippen LogP contribution in [0.1, 0.15) is 30.9 Å². The van der Waals surface area contributed by atoms with Gasteiger partial charge in [-0.2, -0.15) is 0 Å². The minimum Gasteiger partial charge on any atom is -0.466 e. The fourth-order valence-electron chi connectivity index (χ4n) is 3.53. The number of rotatable bonds is 6. The highest BCUT2D eigenvalue weighted by atomic mass is 32.2. The number of esters is 1. The Balaban J connectivity index is 1.56. The van der Waals surface area contributed by atoms with Crippen LogP contribution in [-0.4, -0.2) is 51.8 Å². The molecule has 0 bridgehead atoms. The van der Waals surface area contributed by atoms with Crippen molar-refractivity contribution in [3.63, 3.8) is 0 Å². The average molecular weight is 402 g/mol. The Bertz CT molecular complexity index is 821. The molecular formula is C21H27N3O3S. The van der Waals surface area contributed by atoms with E-state index in [0.29, 0.717) is 38.3 Å². The summed E-state index contributed by atoms with van der Waals surface area (Å²) in [6, 6.07) is 6.36. The summed E-state index contributed by atoms with van der Waals surface area (Å²) < 4.78 is 7.11. The van der Waals surface area contributed by atoms with E-state index in [9.17, 15) is 9.59 Å². The predicted molar refractivity (Wildman–Crippen MR) is 110 cm³/mol. The zero-order chi connectivity index (χ0) is 20.1. The molecule has 1 aromatic carbocycles. The van der Waals surface area contributed by atoms with E-state index in [1.165, 1.54) is 22.9 Å². The van der Waals surface area contributed by atoms with Gasteiger partial charge in [-0.1, -0.05) is 17.8 Å². The van der Waals surface area contributed by atoms with Crippen molar-refractivity contribution in [3.8, 4) is 5.69 Å². The number of imidazole rings is 1. The summed E-state index contributed by atoms with van der Waals surface area (Å²) in [5, 5.41) is 0.805. The number of likely N-dealkylation sites (tertiary alicyclic amines) is 1. The van der Waals surface area contributed by atoms with Gasteiger partial charge in [0.25, 0.3) is 0 Å². The van der Waals surface area contributed by atoms with Crippen LogP contribution in [-0.2, 0) is 14.3 Å². The zero-order valence-electron chi connectivity index (χ0n) is 16.7. The van der Waals surface area contributed by atoms with E-state index in [1.807, 2.05) is 22.6 Å². The summed E-state index contributed by atoms with van der Waals surface area (Å²) in [6.45, 7) is 7.58. The van der Waals surface area contributed by atoms with Gasteiger partial charge in [0, 0.05) is 31.2 Å². The number of thioether (sulfide) groups is 1. The fraction of sp³-hybridized carbons (Fsp3) is 0.476. The van der Waals surface area contributed by atoms with Gasteiger partial charge >= 0.3 is 5.97 Å². The molecular weight excluding hydrogens is 374 g/mol. The molecule has 1 aromatic heterocycles. The maximum absolute atomic E-state index is 12.6. The lowest BCUT2D eigenvalue weighted by Crippen LogP contribution is -2.41. The smallest absolute Gasteiger partial charge is 0.309 e. The Morgan fingerprint density at radius 2 is 1.86 bits per heavy atom. The van der Waals surface area contributed by atoms with Gasteiger partial charge in [0.05, 0.1) is 18.3 Å². The Labute approximate surface area is 170 Å². The lowest BCUT2D eigenvalue weighted by Gasteiger charge is -2.30. The van der Waals surface area contributed by atoms with Crippen molar-refractivity contribution in [2.75, 3.05) is 25.4 Å².